The molecule has 0 aromatic carbocycles. The molecule has 0 aliphatic rings. The summed E-state index contributed by atoms with van der Waals surface area (Å²) in [5.41, 5.74) is -0.224. The van der Waals surface area contributed by atoms with E-state index >= 15 is 0 Å². The van der Waals surface area contributed by atoms with Gasteiger partial charge in [0.15, 0.2) is 0 Å². The monoisotopic (exact) mass is 184 g/mol. The van der Waals surface area contributed by atoms with Gasteiger partial charge >= 0.3 is 0 Å². The molecule has 0 aliphatic heterocycles. The molecule has 1 unspecified atom stereocenters. The Morgan fingerprint density at radius 1 is 1.77 bits per heavy atom. The fraction of sp³-hybridized carbons (Fsp3) is 0.500. The third kappa shape index (κ3) is 2.96. The molecule has 1 heterocycles. The van der Waals surface area contributed by atoms with Crippen LogP contribution in [0.3, 0.4) is 0 Å². The van der Waals surface area contributed by atoms with E-state index in [2.05, 4.69) is 5.10 Å². The third-order valence-electron chi connectivity index (χ3n) is 1.53. The summed E-state index contributed by atoms with van der Waals surface area (Å²) in [5.74, 6) is 0. The van der Waals surface area contributed by atoms with Gasteiger partial charge in [-0.3, -0.25) is 4.79 Å². The molecule has 72 valence electrons. The van der Waals surface area contributed by atoms with Crippen molar-refractivity contribution in [1.82, 2.24) is 9.78 Å². The zero-order valence-corrected chi connectivity index (χ0v) is 7.38. The minimum Gasteiger partial charge on any atom is -0.389 e. The van der Waals surface area contributed by atoms with Crippen LogP contribution in [0.4, 0.5) is 0 Å². The maximum atomic E-state index is 11.1. The van der Waals surface area contributed by atoms with Gasteiger partial charge in [-0.05, 0) is 6.07 Å². The minimum absolute atomic E-state index is 0.160. The summed E-state index contributed by atoms with van der Waals surface area (Å²) in [6, 6.07) is 2.95. The number of ether oxygens (including phenoxy) is 1. The molecule has 0 saturated carbocycles. The van der Waals surface area contributed by atoms with Crippen molar-refractivity contribution in [3.8, 4) is 0 Å². The molecule has 0 saturated heterocycles. The summed E-state index contributed by atoms with van der Waals surface area (Å²) >= 11 is 0. The molecule has 0 spiro atoms. The van der Waals surface area contributed by atoms with E-state index in [1.165, 1.54) is 24.1 Å². The van der Waals surface area contributed by atoms with E-state index in [4.69, 9.17) is 4.74 Å². The van der Waals surface area contributed by atoms with Gasteiger partial charge in [0.1, 0.15) is 0 Å². The van der Waals surface area contributed by atoms with E-state index in [0.29, 0.717) is 0 Å². The first-order valence-corrected chi connectivity index (χ1v) is 3.93. The van der Waals surface area contributed by atoms with Crippen molar-refractivity contribution < 1.29 is 9.84 Å². The van der Waals surface area contributed by atoms with Gasteiger partial charge in [-0.2, -0.15) is 5.10 Å². The van der Waals surface area contributed by atoms with E-state index in [1.54, 1.807) is 6.07 Å². The standard InChI is InChI=1S/C8H12N2O3/c1-13-6-7(11)5-10-8(12)3-2-4-9-10/h2-4,7,11H,5-6H2,1H3. The van der Waals surface area contributed by atoms with E-state index in [-0.39, 0.29) is 18.7 Å². The van der Waals surface area contributed by atoms with Gasteiger partial charge in [0.2, 0.25) is 0 Å². The van der Waals surface area contributed by atoms with Gasteiger partial charge in [-0.1, -0.05) is 0 Å². The Bertz CT molecular complexity index is 310. The number of aliphatic hydroxyl groups excluding tert-OH is 1. The number of aromatic nitrogens is 2. The van der Waals surface area contributed by atoms with E-state index in [9.17, 15) is 9.90 Å². The molecule has 13 heavy (non-hydrogen) atoms. The molecule has 1 rings (SSSR count). The smallest absolute Gasteiger partial charge is 0.266 e. The number of nitrogens with zero attached hydrogens (tertiary/aromatic N) is 2. The zero-order valence-electron chi connectivity index (χ0n) is 7.38. The van der Waals surface area contributed by atoms with Gasteiger partial charge < -0.3 is 9.84 Å². The van der Waals surface area contributed by atoms with Crippen LogP contribution in [0.15, 0.2) is 23.1 Å². The predicted molar refractivity (Wildman–Crippen MR) is 46.4 cm³/mol. The fourth-order valence-corrected chi connectivity index (χ4v) is 0.969. The minimum atomic E-state index is -0.697. The van der Waals surface area contributed by atoms with E-state index < -0.39 is 6.10 Å². The molecule has 5 nitrogen and oxygen atoms in total. The van der Waals surface area contributed by atoms with Crippen molar-refractivity contribution >= 4 is 0 Å². The van der Waals surface area contributed by atoms with Crippen LogP contribution in [0.2, 0.25) is 0 Å². The summed E-state index contributed by atoms with van der Waals surface area (Å²) in [6.45, 7) is 0.358. The molecule has 1 aromatic rings. The fourth-order valence-electron chi connectivity index (χ4n) is 0.969. The molecule has 0 bridgehead atoms. The van der Waals surface area contributed by atoms with Crippen LogP contribution >= 0.6 is 0 Å². The topological polar surface area (TPSA) is 64.3 Å². The molecular formula is C8H12N2O3. The average Bonchev–Trinajstić information content (AvgIpc) is 2.09. The number of rotatable bonds is 4. The lowest BCUT2D eigenvalue weighted by Crippen LogP contribution is -2.30. The lowest BCUT2D eigenvalue weighted by atomic mass is 10.4. The van der Waals surface area contributed by atoms with Crippen molar-refractivity contribution in [3.05, 3.63) is 28.7 Å². The van der Waals surface area contributed by atoms with Crippen LogP contribution in [-0.2, 0) is 11.3 Å². The molecule has 5 heteroatoms. The average molecular weight is 184 g/mol. The Kier molecular flexibility index (Phi) is 3.60. The highest BCUT2D eigenvalue weighted by atomic mass is 16.5. The Hall–Kier alpha value is -1.20. The second-order valence-corrected chi connectivity index (χ2v) is 2.65. The Morgan fingerprint density at radius 3 is 3.15 bits per heavy atom. The summed E-state index contributed by atoms with van der Waals surface area (Å²) in [7, 11) is 1.49. The Morgan fingerprint density at radius 2 is 2.54 bits per heavy atom. The Balaban J connectivity index is 2.63. The largest absolute Gasteiger partial charge is 0.389 e. The van der Waals surface area contributed by atoms with Gasteiger partial charge in [0.25, 0.3) is 5.56 Å². The molecule has 1 N–H and O–H groups in total. The van der Waals surface area contributed by atoms with Crippen LogP contribution in [-0.4, -0.2) is 34.7 Å². The number of hydrogen-bond acceptors (Lipinski definition) is 4. The predicted octanol–water partition coefficient (Wildman–Crippen LogP) is -0.749. The van der Waals surface area contributed by atoms with Gasteiger partial charge in [0, 0.05) is 19.4 Å². The third-order valence-corrected chi connectivity index (χ3v) is 1.53. The van der Waals surface area contributed by atoms with Crippen LogP contribution < -0.4 is 5.56 Å². The maximum Gasteiger partial charge on any atom is 0.266 e. The first-order valence-electron chi connectivity index (χ1n) is 3.93. The summed E-state index contributed by atoms with van der Waals surface area (Å²) in [4.78, 5) is 11.1. The lowest BCUT2D eigenvalue weighted by molar-refractivity contribution is 0.0504. The van der Waals surface area contributed by atoms with Gasteiger partial charge in [-0.15, -0.1) is 0 Å². The highest BCUT2D eigenvalue weighted by molar-refractivity contribution is 4.84. The van der Waals surface area contributed by atoms with Crippen LogP contribution in [0.25, 0.3) is 0 Å². The molecule has 0 amide bonds. The van der Waals surface area contributed by atoms with Crippen LogP contribution in [0, 0.1) is 0 Å². The van der Waals surface area contributed by atoms with Gasteiger partial charge in [-0.25, -0.2) is 4.68 Å². The number of hydrogen-bond donors (Lipinski definition) is 1. The molecular weight excluding hydrogens is 172 g/mol. The SMILES string of the molecule is COCC(O)Cn1ncccc1=O. The van der Waals surface area contributed by atoms with Crippen LogP contribution in [0.5, 0.6) is 0 Å². The summed E-state index contributed by atoms with van der Waals surface area (Å²) in [6.07, 6.45) is 0.804. The molecule has 1 atom stereocenters. The van der Waals surface area contributed by atoms with Crippen molar-refractivity contribution in [1.29, 1.82) is 0 Å². The number of methoxy groups -OCH3 is 1. The molecule has 0 aliphatic carbocycles. The van der Waals surface area contributed by atoms with Crippen molar-refractivity contribution in [2.24, 2.45) is 0 Å². The molecule has 0 fully saturated rings. The van der Waals surface area contributed by atoms with Crippen molar-refractivity contribution in [2.75, 3.05) is 13.7 Å². The Labute approximate surface area is 75.6 Å². The summed E-state index contributed by atoms with van der Waals surface area (Å²) in [5, 5.41) is 13.1. The quantitative estimate of drug-likeness (QED) is 0.668. The number of aliphatic hydroxyl groups is 1. The second-order valence-electron chi connectivity index (χ2n) is 2.65. The molecule has 1 aromatic heterocycles. The van der Waals surface area contributed by atoms with Crippen molar-refractivity contribution in [3.63, 3.8) is 0 Å². The first kappa shape index (κ1) is 9.88. The highest BCUT2D eigenvalue weighted by Crippen LogP contribution is 1.87. The first-order chi connectivity index (χ1) is 6.24. The van der Waals surface area contributed by atoms with Crippen molar-refractivity contribution in [2.45, 2.75) is 12.6 Å². The van der Waals surface area contributed by atoms with E-state index in [0.717, 1.165) is 0 Å². The second kappa shape index (κ2) is 4.74. The van der Waals surface area contributed by atoms with Gasteiger partial charge in [0.05, 0.1) is 19.3 Å². The maximum absolute atomic E-state index is 11.1. The van der Waals surface area contributed by atoms with Crippen LogP contribution in [0.1, 0.15) is 0 Å². The lowest BCUT2D eigenvalue weighted by Gasteiger charge is -2.09. The highest BCUT2D eigenvalue weighted by Gasteiger charge is 2.05. The van der Waals surface area contributed by atoms with E-state index in [1.807, 2.05) is 0 Å². The summed E-state index contributed by atoms with van der Waals surface area (Å²) < 4.78 is 5.92. The zero-order chi connectivity index (χ0) is 9.68. The normalized spacial score (nSPS) is 12.8. The molecule has 0 radical (unpaired) electrons.